The molecule has 2 unspecified atom stereocenters. The molecule has 2 N–H and O–H groups in total. The van der Waals surface area contributed by atoms with Gasteiger partial charge in [0.05, 0.1) is 5.60 Å². The third-order valence-corrected chi connectivity index (χ3v) is 4.49. The van der Waals surface area contributed by atoms with Gasteiger partial charge in [0.1, 0.15) is 5.75 Å². The van der Waals surface area contributed by atoms with Crippen LogP contribution >= 0.6 is 0 Å². The van der Waals surface area contributed by atoms with Crippen LogP contribution in [0.25, 0.3) is 0 Å². The van der Waals surface area contributed by atoms with Crippen molar-refractivity contribution in [3.8, 4) is 5.75 Å². The Hall–Kier alpha value is -1.20. The van der Waals surface area contributed by atoms with Gasteiger partial charge in [-0.15, -0.1) is 0 Å². The molecule has 3 rings (SSSR count). The predicted octanol–water partition coefficient (Wildman–Crippen LogP) is 2.87. The summed E-state index contributed by atoms with van der Waals surface area (Å²) < 4.78 is 28.9. The molecule has 2 fully saturated rings. The van der Waals surface area contributed by atoms with E-state index < -0.39 is 12.2 Å². The van der Waals surface area contributed by atoms with Crippen molar-refractivity contribution in [1.82, 2.24) is 5.32 Å². The van der Waals surface area contributed by atoms with E-state index in [0.717, 1.165) is 31.2 Å². The molecular formula is C16H21F2NO2. The van der Waals surface area contributed by atoms with Gasteiger partial charge in [0.25, 0.3) is 0 Å². The minimum atomic E-state index is -2.82. The highest BCUT2D eigenvalue weighted by Gasteiger charge is 2.40. The molecule has 0 radical (unpaired) electrons. The quantitative estimate of drug-likeness (QED) is 0.898. The van der Waals surface area contributed by atoms with E-state index in [-0.39, 0.29) is 5.75 Å². The second kappa shape index (κ2) is 5.89. The Bertz CT molecular complexity index is 483. The summed E-state index contributed by atoms with van der Waals surface area (Å²) in [4.78, 5) is 0. The lowest BCUT2D eigenvalue weighted by molar-refractivity contribution is -0.0500. The van der Waals surface area contributed by atoms with Crippen LogP contribution in [-0.4, -0.2) is 29.4 Å². The molecule has 2 atom stereocenters. The summed E-state index contributed by atoms with van der Waals surface area (Å²) in [5, 5.41) is 14.4. The summed E-state index contributed by atoms with van der Waals surface area (Å²) in [5.74, 6) is 0.153. The topological polar surface area (TPSA) is 41.5 Å². The fourth-order valence-electron chi connectivity index (χ4n) is 3.79. The van der Waals surface area contributed by atoms with Crippen molar-refractivity contribution in [2.75, 3.05) is 0 Å². The van der Waals surface area contributed by atoms with Crippen LogP contribution in [-0.2, 0) is 6.42 Å². The van der Waals surface area contributed by atoms with Crippen molar-refractivity contribution < 1.29 is 18.6 Å². The van der Waals surface area contributed by atoms with Crippen LogP contribution in [0.2, 0.25) is 0 Å². The number of fused-ring (bicyclic) bond motifs is 2. The van der Waals surface area contributed by atoms with Gasteiger partial charge in [-0.05, 0) is 43.4 Å². The van der Waals surface area contributed by atoms with Crippen LogP contribution in [0, 0.1) is 0 Å². The number of rotatable bonds is 4. The molecule has 1 aromatic carbocycles. The summed E-state index contributed by atoms with van der Waals surface area (Å²) >= 11 is 0. The number of ether oxygens (including phenoxy) is 1. The lowest BCUT2D eigenvalue weighted by Crippen LogP contribution is -2.56. The number of halogens is 2. The summed E-state index contributed by atoms with van der Waals surface area (Å²) in [6.45, 7) is -2.82. The van der Waals surface area contributed by atoms with Gasteiger partial charge in [0.15, 0.2) is 0 Å². The summed E-state index contributed by atoms with van der Waals surface area (Å²) in [6.07, 6.45) is 5.37. The molecule has 21 heavy (non-hydrogen) atoms. The van der Waals surface area contributed by atoms with Crippen LogP contribution in [0.3, 0.4) is 0 Å². The average Bonchev–Trinajstić information content (AvgIpc) is 2.36. The summed E-state index contributed by atoms with van der Waals surface area (Å²) in [7, 11) is 0. The van der Waals surface area contributed by atoms with E-state index in [9.17, 15) is 13.9 Å². The van der Waals surface area contributed by atoms with Gasteiger partial charge in [-0.3, -0.25) is 0 Å². The van der Waals surface area contributed by atoms with Crippen LogP contribution in [0.1, 0.15) is 37.7 Å². The smallest absolute Gasteiger partial charge is 0.387 e. The zero-order valence-corrected chi connectivity index (χ0v) is 11.9. The molecule has 0 spiro atoms. The Balaban J connectivity index is 1.70. The maximum Gasteiger partial charge on any atom is 0.387 e. The van der Waals surface area contributed by atoms with E-state index in [1.807, 2.05) is 6.07 Å². The summed E-state index contributed by atoms with van der Waals surface area (Å²) in [6, 6.07) is 7.41. The van der Waals surface area contributed by atoms with Gasteiger partial charge in [-0.2, -0.15) is 8.78 Å². The van der Waals surface area contributed by atoms with Crippen molar-refractivity contribution >= 4 is 0 Å². The molecule has 2 aliphatic heterocycles. The van der Waals surface area contributed by atoms with Crippen molar-refractivity contribution in [1.29, 1.82) is 0 Å². The first kappa shape index (κ1) is 14.7. The maximum absolute atomic E-state index is 12.3. The highest BCUT2D eigenvalue weighted by atomic mass is 19.3. The zero-order chi connectivity index (χ0) is 14.9. The Morgan fingerprint density at radius 3 is 2.67 bits per heavy atom. The fraction of sp³-hybridized carbons (Fsp3) is 0.625. The van der Waals surface area contributed by atoms with E-state index in [4.69, 9.17) is 0 Å². The first-order valence-corrected chi connectivity index (χ1v) is 7.55. The Labute approximate surface area is 123 Å². The fourth-order valence-corrected chi connectivity index (χ4v) is 3.79. The molecule has 116 valence electrons. The first-order valence-electron chi connectivity index (χ1n) is 7.55. The lowest BCUT2D eigenvalue weighted by Gasteiger charge is -2.45. The third-order valence-electron chi connectivity index (χ3n) is 4.49. The highest BCUT2D eigenvalue weighted by Crippen LogP contribution is 2.35. The minimum Gasteiger partial charge on any atom is -0.435 e. The van der Waals surface area contributed by atoms with Crippen LogP contribution in [0.4, 0.5) is 8.78 Å². The van der Waals surface area contributed by atoms with E-state index in [1.54, 1.807) is 12.1 Å². The van der Waals surface area contributed by atoms with Crippen molar-refractivity contribution in [3.05, 3.63) is 29.8 Å². The van der Waals surface area contributed by atoms with Gasteiger partial charge in [-0.1, -0.05) is 18.6 Å². The normalized spacial score (nSPS) is 32.2. The van der Waals surface area contributed by atoms with Crippen molar-refractivity contribution in [2.45, 2.75) is 62.8 Å². The average molecular weight is 297 g/mol. The number of nitrogens with one attached hydrogen (secondary N) is 1. The first-order chi connectivity index (χ1) is 10.0. The Morgan fingerprint density at radius 1 is 1.29 bits per heavy atom. The Kier molecular flexibility index (Phi) is 4.13. The van der Waals surface area contributed by atoms with Crippen molar-refractivity contribution in [2.24, 2.45) is 0 Å². The van der Waals surface area contributed by atoms with Crippen molar-refractivity contribution in [3.63, 3.8) is 0 Å². The standard InChI is InChI=1S/C16H21F2NO2/c17-15(18)21-14-6-1-3-11(7-14)8-16(20)9-12-4-2-5-13(10-16)19-12/h1,3,6-7,12-13,15,19-20H,2,4-5,8-10H2. The number of piperidine rings is 2. The van der Waals surface area contributed by atoms with Crippen LogP contribution in [0.15, 0.2) is 24.3 Å². The number of hydrogen-bond acceptors (Lipinski definition) is 3. The molecule has 5 heteroatoms. The van der Waals surface area contributed by atoms with Gasteiger partial charge in [-0.25, -0.2) is 0 Å². The molecule has 0 saturated carbocycles. The minimum absolute atomic E-state index is 0.153. The maximum atomic E-state index is 12.3. The van der Waals surface area contributed by atoms with E-state index in [2.05, 4.69) is 10.1 Å². The van der Waals surface area contributed by atoms with Crippen LogP contribution < -0.4 is 10.1 Å². The van der Waals surface area contributed by atoms with Gasteiger partial charge < -0.3 is 15.2 Å². The number of alkyl halides is 2. The molecule has 2 aliphatic rings. The molecule has 1 aromatic rings. The number of benzene rings is 1. The Morgan fingerprint density at radius 2 is 2.00 bits per heavy atom. The van der Waals surface area contributed by atoms with E-state index in [0.29, 0.717) is 18.5 Å². The zero-order valence-electron chi connectivity index (χ0n) is 11.9. The van der Waals surface area contributed by atoms with E-state index in [1.165, 1.54) is 12.5 Å². The van der Waals surface area contributed by atoms with Gasteiger partial charge >= 0.3 is 6.61 Å². The molecule has 0 aliphatic carbocycles. The predicted molar refractivity (Wildman–Crippen MR) is 75.5 cm³/mol. The number of hydrogen-bond donors (Lipinski definition) is 2. The third kappa shape index (κ3) is 3.71. The monoisotopic (exact) mass is 297 g/mol. The second-order valence-corrected chi connectivity index (χ2v) is 6.33. The lowest BCUT2D eigenvalue weighted by atomic mass is 9.74. The molecule has 2 heterocycles. The molecule has 0 aromatic heterocycles. The van der Waals surface area contributed by atoms with E-state index >= 15 is 0 Å². The van der Waals surface area contributed by atoms with Gasteiger partial charge in [0, 0.05) is 18.5 Å². The van der Waals surface area contributed by atoms with Gasteiger partial charge in [0.2, 0.25) is 0 Å². The highest BCUT2D eigenvalue weighted by molar-refractivity contribution is 5.29. The molecular weight excluding hydrogens is 276 g/mol. The SMILES string of the molecule is OC1(Cc2cccc(OC(F)F)c2)CC2CCCC(C1)N2. The number of aliphatic hydroxyl groups is 1. The molecule has 3 nitrogen and oxygen atoms in total. The second-order valence-electron chi connectivity index (χ2n) is 6.33. The largest absolute Gasteiger partial charge is 0.435 e. The summed E-state index contributed by atoms with van der Waals surface area (Å²) in [5.41, 5.74) is 0.0976. The van der Waals surface area contributed by atoms with Crippen LogP contribution in [0.5, 0.6) is 5.75 Å². The molecule has 2 saturated heterocycles. The molecule has 2 bridgehead atoms. The molecule has 0 amide bonds.